The van der Waals surface area contributed by atoms with Crippen LogP contribution in [0.4, 0.5) is 0 Å². The Morgan fingerprint density at radius 2 is 2.33 bits per heavy atom. The molecule has 0 aliphatic rings. The third kappa shape index (κ3) is 3.14. The lowest BCUT2D eigenvalue weighted by molar-refractivity contribution is 0.0952. The molecule has 3 N–H and O–H groups in total. The summed E-state index contributed by atoms with van der Waals surface area (Å²) in [6.45, 7) is 1.54. The van der Waals surface area contributed by atoms with Crippen molar-refractivity contribution in [3.05, 3.63) is 47.8 Å². The average Bonchev–Trinajstić information content (AvgIpc) is 2.92. The molecule has 0 aliphatic carbocycles. The highest BCUT2D eigenvalue weighted by molar-refractivity contribution is 5.94. The Balaban J connectivity index is 1.87. The van der Waals surface area contributed by atoms with Gasteiger partial charge in [-0.2, -0.15) is 0 Å². The number of hydrogen-bond donors (Lipinski definition) is 2. The van der Waals surface area contributed by atoms with Crippen LogP contribution in [0.25, 0.3) is 0 Å². The van der Waals surface area contributed by atoms with Gasteiger partial charge in [0.1, 0.15) is 0 Å². The molecule has 0 aliphatic heterocycles. The second-order valence-electron chi connectivity index (χ2n) is 3.83. The SMILES string of the molecule is NCc1cccc(C(=O)NCCn2ccnn2)c1. The van der Waals surface area contributed by atoms with E-state index in [4.69, 9.17) is 5.73 Å². The zero-order chi connectivity index (χ0) is 12.8. The first-order valence-corrected chi connectivity index (χ1v) is 5.71. The minimum Gasteiger partial charge on any atom is -0.350 e. The molecule has 0 saturated carbocycles. The molecule has 0 saturated heterocycles. The molecule has 2 rings (SSSR count). The Morgan fingerprint density at radius 3 is 3.06 bits per heavy atom. The van der Waals surface area contributed by atoms with Crippen molar-refractivity contribution in [2.24, 2.45) is 5.73 Å². The molecular weight excluding hydrogens is 230 g/mol. The van der Waals surface area contributed by atoms with Gasteiger partial charge >= 0.3 is 0 Å². The molecule has 0 bridgehead atoms. The topological polar surface area (TPSA) is 85.8 Å². The Labute approximate surface area is 105 Å². The van der Waals surface area contributed by atoms with E-state index in [0.29, 0.717) is 25.2 Å². The predicted molar refractivity (Wildman–Crippen MR) is 66.7 cm³/mol. The summed E-state index contributed by atoms with van der Waals surface area (Å²) < 4.78 is 1.66. The zero-order valence-electron chi connectivity index (χ0n) is 9.91. The van der Waals surface area contributed by atoms with E-state index in [9.17, 15) is 4.79 Å². The highest BCUT2D eigenvalue weighted by Gasteiger charge is 2.05. The van der Waals surface area contributed by atoms with Crippen LogP contribution in [0.15, 0.2) is 36.7 Å². The van der Waals surface area contributed by atoms with Gasteiger partial charge < -0.3 is 11.1 Å². The highest BCUT2D eigenvalue weighted by atomic mass is 16.1. The van der Waals surface area contributed by atoms with Crippen molar-refractivity contribution in [3.63, 3.8) is 0 Å². The van der Waals surface area contributed by atoms with E-state index in [1.165, 1.54) is 0 Å². The van der Waals surface area contributed by atoms with E-state index in [0.717, 1.165) is 5.56 Å². The first-order chi connectivity index (χ1) is 8.79. The molecule has 1 aromatic carbocycles. The van der Waals surface area contributed by atoms with E-state index in [1.807, 2.05) is 12.1 Å². The van der Waals surface area contributed by atoms with Crippen LogP contribution in [0.5, 0.6) is 0 Å². The Morgan fingerprint density at radius 1 is 1.44 bits per heavy atom. The fourth-order valence-electron chi connectivity index (χ4n) is 1.58. The Hall–Kier alpha value is -2.21. The summed E-state index contributed by atoms with van der Waals surface area (Å²) in [6, 6.07) is 7.29. The molecule has 1 aromatic heterocycles. The van der Waals surface area contributed by atoms with Crippen molar-refractivity contribution in [1.82, 2.24) is 20.3 Å². The summed E-state index contributed by atoms with van der Waals surface area (Å²) >= 11 is 0. The van der Waals surface area contributed by atoms with Crippen molar-refractivity contribution < 1.29 is 4.79 Å². The van der Waals surface area contributed by atoms with Gasteiger partial charge in [-0.05, 0) is 17.7 Å². The van der Waals surface area contributed by atoms with E-state index >= 15 is 0 Å². The van der Waals surface area contributed by atoms with Crippen LogP contribution in [0.1, 0.15) is 15.9 Å². The predicted octanol–water partition coefficient (Wildman–Crippen LogP) is 0.167. The maximum atomic E-state index is 11.8. The monoisotopic (exact) mass is 245 g/mol. The fraction of sp³-hybridized carbons (Fsp3) is 0.250. The number of nitrogens with one attached hydrogen (secondary N) is 1. The van der Waals surface area contributed by atoms with Gasteiger partial charge in [-0.3, -0.25) is 9.48 Å². The maximum Gasteiger partial charge on any atom is 0.251 e. The molecule has 1 amide bonds. The third-order valence-corrected chi connectivity index (χ3v) is 2.52. The first-order valence-electron chi connectivity index (χ1n) is 5.71. The highest BCUT2D eigenvalue weighted by Crippen LogP contribution is 2.04. The lowest BCUT2D eigenvalue weighted by Crippen LogP contribution is -2.27. The van der Waals surface area contributed by atoms with E-state index < -0.39 is 0 Å². The second-order valence-corrected chi connectivity index (χ2v) is 3.83. The summed E-state index contributed by atoms with van der Waals surface area (Å²) in [7, 11) is 0. The Bertz CT molecular complexity index is 509. The van der Waals surface area contributed by atoms with Gasteiger partial charge in [0.25, 0.3) is 5.91 Å². The van der Waals surface area contributed by atoms with E-state index in [2.05, 4.69) is 15.6 Å². The fourth-order valence-corrected chi connectivity index (χ4v) is 1.58. The van der Waals surface area contributed by atoms with Gasteiger partial charge in [0.15, 0.2) is 0 Å². The van der Waals surface area contributed by atoms with Gasteiger partial charge in [0, 0.05) is 24.8 Å². The van der Waals surface area contributed by atoms with Crippen LogP contribution in [-0.4, -0.2) is 27.4 Å². The number of nitrogens with two attached hydrogens (primary N) is 1. The second kappa shape index (κ2) is 5.92. The normalized spacial score (nSPS) is 10.3. The summed E-state index contributed by atoms with van der Waals surface area (Å²) in [5.74, 6) is -0.106. The minimum absolute atomic E-state index is 0.106. The molecule has 94 valence electrons. The number of carbonyl (C=O) groups is 1. The number of rotatable bonds is 5. The lowest BCUT2D eigenvalue weighted by atomic mass is 10.1. The van der Waals surface area contributed by atoms with Crippen LogP contribution in [0.3, 0.4) is 0 Å². The number of aromatic nitrogens is 3. The number of amides is 1. The number of benzene rings is 1. The molecule has 6 nitrogen and oxygen atoms in total. The standard InChI is InChI=1S/C12H15N5O/c13-9-10-2-1-3-11(8-10)12(18)14-4-6-17-7-5-15-16-17/h1-3,5,7-8H,4,6,9,13H2,(H,14,18). The van der Waals surface area contributed by atoms with Crippen molar-refractivity contribution in [3.8, 4) is 0 Å². The van der Waals surface area contributed by atoms with Crippen molar-refractivity contribution in [2.45, 2.75) is 13.1 Å². The summed E-state index contributed by atoms with van der Waals surface area (Å²) in [4.78, 5) is 11.8. The smallest absolute Gasteiger partial charge is 0.251 e. The van der Waals surface area contributed by atoms with Crippen molar-refractivity contribution in [1.29, 1.82) is 0 Å². The third-order valence-electron chi connectivity index (χ3n) is 2.52. The van der Waals surface area contributed by atoms with Crippen LogP contribution >= 0.6 is 0 Å². The quantitative estimate of drug-likeness (QED) is 0.786. The summed E-state index contributed by atoms with van der Waals surface area (Å²) in [5, 5.41) is 10.3. The molecule has 0 atom stereocenters. The molecule has 6 heteroatoms. The molecule has 0 unspecified atom stereocenters. The Kier molecular flexibility index (Phi) is 4.03. The van der Waals surface area contributed by atoms with Gasteiger partial charge in [-0.15, -0.1) is 5.10 Å². The first kappa shape index (κ1) is 12.3. The van der Waals surface area contributed by atoms with Gasteiger partial charge in [0.05, 0.1) is 12.7 Å². The van der Waals surface area contributed by atoms with E-state index in [1.54, 1.807) is 29.2 Å². The molecular formula is C12H15N5O. The molecule has 0 radical (unpaired) electrons. The van der Waals surface area contributed by atoms with Crippen LogP contribution in [0.2, 0.25) is 0 Å². The number of carbonyl (C=O) groups excluding carboxylic acids is 1. The largest absolute Gasteiger partial charge is 0.350 e. The summed E-state index contributed by atoms with van der Waals surface area (Å²) in [6.07, 6.45) is 3.35. The lowest BCUT2D eigenvalue weighted by Gasteiger charge is -2.06. The van der Waals surface area contributed by atoms with Crippen molar-refractivity contribution >= 4 is 5.91 Å². The van der Waals surface area contributed by atoms with Crippen molar-refractivity contribution in [2.75, 3.05) is 6.54 Å². The zero-order valence-corrected chi connectivity index (χ0v) is 9.91. The molecule has 1 heterocycles. The molecule has 18 heavy (non-hydrogen) atoms. The van der Waals surface area contributed by atoms with Gasteiger partial charge in [-0.25, -0.2) is 0 Å². The average molecular weight is 245 g/mol. The van der Waals surface area contributed by atoms with Crippen LogP contribution < -0.4 is 11.1 Å². The van der Waals surface area contributed by atoms with Crippen LogP contribution in [0, 0.1) is 0 Å². The summed E-state index contributed by atoms with van der Waals surface area (Å²) in [5.41, 5.74) is 7.10. The van der Waals surface area contributed by atoms with E-state index in [-0.39, 0.29) is 5.91 Å². The van der Waals surface area contributed by atoms with Gasteiger partial charge in [-0.1, -0.05) is 17.3 Å². The number of nitrogens with zero attached hydrogens (tertiary/aromatic N) is 3. The molecule has 2 aromatic rings. The molecule has 0 spiro atoms. The number of hydrogen-bond acceptors (Lipinski definition) is 4. The minimum atomic E-state index is -0.106. The van der Waals surface area contributed by atoms with Gasteiger partial charge in [0.2, 0.25) is 0 Å². The van der Waals surface area contributed by atoms with Crippen LogP contribution in [-0.2, 0) is 13.1 Å². The maximum absolute atomic E-state index is 11.8. The molecule has 0 fully saturated rings.